The maximum atomic E-state index is 10.4. The Hall–Kier alpha value is -1.23. The van der Waals surface area contributed by atoms with E-state index in [4.69, 9.17) is 16.3 Å². The van der Waals surface area contributed by atoms with Crippen LogP contribution in [0.25, 0.3) is 0 Å². The lowest BCUT2D eigenvalue weighted by molar-refractivity contribution is -0.0177. The van der Waals surface area contributed by atoms with Crippen molar-refractivity contribution in [2.75, 3.05) is 6.54 Å². The van der Waals surface area contributed by atoms with E-state index in [1.807, 2.05) is 6.08 Å². The summed E-state index contributed by atoms with van der Waals surface area (Å²) in [6.07, 6.45) is 4.72. The van der Waals surface area contributed by atoms with E-state index < -0.39 is 6.10 Å². The number of benzene rings is 1. The Kier molecular flexibility index (Phi) is 2.20. The van der Waals surface area contributed by atoms with Crippen LogP contribution in [0.5, 0.6) is 11.5 Å². The van der Waals surface area contributed by atoms with E-state index in [0.29, 0.717) is 16.8 Å². The van der Waals surface area contributed by atoms with Gasteiger partial charge in [-0.3, -0.25) is 0 Å². The fourth-order valence-corrected chi connectivity index (χ4v) is 5.29. The van der Waals surface area contributed by atoms with Crippen LogP contribution in [0.2, 0.25) is 5.02 Å². The normalized spacial score (nSPS) is 41.6. The van der Waals surface area contributed by atoms with Crippen molar-refractivity contribution in [3.8, 4) is 11.5 Å². The first-order valence-electron chi connectivity index (χ1n) is 7.44. The summed E-state index contributed by atoms with van der Waals surface area (Å²) >= 11 is 6.39. The molecule has 3 N–H and O–H groups in total. The highest BCUT2D eigenvalue weighted by Gasteiger charge is 2.63. The van der Waals surface area contributed by atoms with Crippen LogP contribution < -0.4 is 10.1 Å². The number of nitrogens with one attached hydrogen (secondary N) is 1. The second-order valence-corrected chi connectivity index (χ2v) is 6.96. The number of ether oxygens (including phenoxy) is 1. The van der Waals surface area contributed by atoms with Gasteiger partial charge in [0, 0.05) is 34.0 Å². The van der Waals surface area contributed by atoms with E-state index in [9.17, 15) is 10.2 Å². The van der Waals surface area contributed by atoms with Crippen LogP contribution in [-0.2, 0) is 11.8 Å². The number of aromatic hydroxyl groups is 1. The Morgan fingerprint density at radius 1 is 1.38 bits per heavy atom. The van der Waals surface area contributed by atoms with Crippen LogP contribution in [0.1, 0.15) is 17.5 Å². The van der Waals surface area contributed by atoms with Crippen molar-refractivity contribution >= 4 is 11.6 Å². The zero-order chi connectivity index (χ0) is 14.4. The van der Waals surface area contributed by atoms with Crippen LogP contribution in [-0.4, -0.2) is 35.0 Å². The maximum absolute atomic E-state index is 10.4. The molecule has 0 amide bonds. The summed E-state index contributed by atoms with van der Waals surface area (Å²) in [4.78, 5) is 0. The molecular weight excluding hydrogens is 290 g/mol. The molecule has 1 spiro atoms. The van der Waals surface area contributed by atoms with Crippen LogP contribution in [0, 0.1) is 5.92 Å². The molecule has 2 aliphatic heterocycles. The van der Waals surface area contributed by atoms with Crippen molar-refractivity contribution in [3.63, 3.8) is 0 Å². The molecule has 2 aliphatic carbocycles. The summed E-state index contributed by atoms with van der Waals surface area (Å²) < 4.78 is 6.04. The molecule has 4 nitrogen and oxygen atoms in total. The standard InChI is InChI=1S/C16H16ClNO3/c17-9-6-12(20)14-13-7(9)5-10-8-1-2-11(19)15(21-14)16(8,13)3-4-18-10/h1-2,6,8,10-11,15,18-20H,3-5H2/t8-,10?,11-,15-,16?/m0/s1. The van der Waals surface area contributed by atoms with Crippen molar-refractivity contribution < 1.29 is 14.9 Å². The van der Waals surface area contributed by atoms with Crippen LogP contribution in [0.3, 0.4) is 0 Å². The van der Waals surface area contributed by atoms with Crippen molar-refractivity contribution in [1.82, 2.24) is 5.32 Å². The van der Waals surface area contributed by atoms with Gasteiger partial charge in [0.15, 0.2) is 11.5 Å². The summed E-state index contributed by atoms with van der Waals surface area (Å²) in [6, 6.07) is 1.88. The number of aliphatic hydroxyl groups is 1. The first kappa shape index (κ1) is 12.3. The molecule has 1 fully saturated rings. The lowest BCUT2D eigenvalue weighted by Crippen LogP contribution is -2.64. The molecular formula is C16H16ClNO3. The average Bonchev–Trinajstić information content (AvgIpc) is 2.78. The second-order valence-electron chi connectivity index (χ2n) is 6.56. The molecule has 1 aromatic rings. The van der Waals surface area contributed by atoms with Crippen molar-refractivity contribution in [2.24, 2.45) is 5.92 Å². The number of phenolic OH excluding ortho intramolecular Hbond substituents is 1. The summed E-state index contributed by atoms with van der Waals surface area (Å²) in [5.74, 6) is 0.907. The number of phenols is 1. The van der Waals surface area contributed by atoms with Crippen LogP contribution in [0.4, 0.5) is 0 Å². The molecule has 110 valence electrons. The Balaban J connectivity index is 1.88. The predicted molar refractivity (Wildman–Crippen MR) is 78.0 cm³/mol. The molecule has 4 aliphatic rings. The van der Waals surface area contributed by atoms with Gasteiger partial charge in [0.1, 0.15) is 12.2 Å². The minimum absolute atomic E-state index is 0.0884. The van der Waals surface area contributed by atoms with Gasteiger partial charge in [-0.1, -0.05) is 23.8 Å². The molecule has 5 atom stereocenters. The summed E-state index contributed by atoms with van der Waals surface area (Å²) in [5.41, 5.74) is 1.86. The molecule has 5 rings (SSSR count). The Labute approximate surface area is 127 Å². The molecule has 2 heterocycles. The Morgan fingerprint density at radius 2 is 2.24 bits per heavy atom. The SMILES string of the molecule is Oc1cc(Cl)c2c3c1O[C@H]1[C@@H](O)C=C[C@H]4C(C2)NCCC341. The van der Waals surface area contributed by atoms with Gasteiger partial charge in [0.25, 0.3) is 0 Å². The van der Waals surface area contributed by atoms with E-state index in [1.54, 1.807) is 6.07 Å². The van der Waals surface area contributed by atoms with Gasteiger partial charge < -0.3 is 20.3 Å². The monoisotopic (exact) mass is 305 g/mol. The van der Waals surface area contributed by atoms with Crippen molar-refractivity contribution in [3.05, 3.63) is 34.4 Å². The first-order chi connectivity index (χ1) is 10.1. The van der Waals surface area contributed by atoms with Crippen molar-refractivity contribution in [1.29, 1.82) is 0 Å². The molecule has 0 aromatic heterocycles. The predicted octanol–water partition coefficient (Wildman–Crippen LogP) is 1.51. The lowest BCUT2D eigenvalue weighted by atomic mass is 9.54. The third kappa shape index (κ3) is 1.26. The molecule has 0 radical (unpaired) electrons. The molecule has 0 saturated carbocycles. The number of hydrogen-bond acceptors (Lipinski definition) is 4. The second kappa shape index (κ2) is 3.75. The van der Waals surface area contributed by atoms with Gasteiger partial charge in [-0.25, -0.2) is 0 Å². The fourth-order valence-electron chi connectivity index (χ4n) is 5.02. The number of piperidine rings is 1. The smallest absolute Gasteiger partial charge is 0.165 e. The van der Waals surface area contributed by atoms with Gasteiger partial charge in [-0.15, -0.1) is 0 Å². The highest BCUT2D eigenvalue weighted by Crippen LogP contribution is 2.62. The molecule has 5 heteroatoms. The van der Waals surface area contributed by atoms with Crippen LogP contribution in [0.15, 0.2) is 18.2 Å². The highest BCUT2D eigenvalue weighted by molar-refractivity contribution is 6.31. The summed E-state index contributed by atoms with van der Waals surface area (Å²) in [6.45, 7) is 0.897. The third-order valence-corrected chi connectivity index (χ3v) is 6.09. The largest absolute Gasteiger partial charge is 0.504 e. The fraction of sp³-hybridized carbons (Fsp3) is 0.500. The van der Waals surface area contributed by atoms with Gasteiger partial charge in [-0.05, 0) is 24.9 Å². The third-order valence-electron chi connectivity index (χ3n) is 5.75. The quantitative estimate of drug-likeness (QED) is 0.636. The van der Waals surface area contributed by atoms with Gasteiger partial charge >= 0.3 is 0 Å². The van der Waals surface area contributed by atoms with E-state index in [1.165, 1.54) is 0 Å². The minimum Gasteiger partial charge on any atom is -0.504 e. The first-order valence-corrected chi connectivity index (χ1v) is 7.82. The van der Waals surface area contributed by atoms with Gasteiger partial charge in [0.2, 0.25) is 0 Å². The Bertz CT molecular complexity index is 689. The zero-order valence-electron chi connectivity index (χ0n) is 11.3. The number of hydrogen-bond donors (Lipinski definition) is 3. The number of halogens is 1. The molecule has 1 saturated heterocycles. The van der Waals surface area contributed by atoms with E-state index in [2.05, 4.69) is 11.4 Å². The molecule has 21 heavy (non-hydrogen) atoms. The summed E-state index contributed by atoms with van der Waals surface area (Å²) in [5, 5.41) is 24.8. The summed E-state index contributed by atoms with van der Waals surface area (Å²) in [7, 11) is 0. The van der Waals surface area contributed by atoms with Gasteiger partial charge in [-0.2, -0.15) is 0 Å². The van der Waals surface area contributed by atoms with Gasteiger partial charge in [0.05, 0.1) is 0 Å². The molecule has 2 bridgehead atoms. The van der Waals surface area contributed by atoms with E-state index in [-0.39, 0.29) is 23.2 Å². The van der Waals surface area contributed by atoms with Crippen molar-refractivity contribution in [2.45, 2.75) is 36.5 Å². The molecule has 2 unspecified atom stereocenters. The van der Waals surface area contributed by atoms with E-state index >= 15 is 0 Å². The van der Waals surface area contributed by atoms with E-state index in [0.717, 1.165) is 30.5 Å². The number of aliphatic hydroxyl groups excluding tert-OH is 1. The Morgan fingerprint density at radius 3 is 3.10 bits per heavy atom. The average molecular weight is 306 g/mol. The minimum atomic E-state index is -0.642. The topological polar surface area (TPSA) is 61.7 Å². The zero-order valence-corrected chi connectivity index (χ0v) is 12.1. The van der Waals surface area contributed by atoms with Crippen LogP contribution >= 0.6 is 11.6 Å². The highest BCUT2D eigenvalue weighted by atomic mass is 35.5. The number of rotatable bonds is 0. The lowest BCUT2D eigenvalue weighted by Gasteiger charge is -2.53. The maximum Gasteiger partial charge on any atom is 0.165 e. The molecule has 1 aromatic carbocycles.